The maximum absolute atomic E-state index is 5.28. The number of ether oxygens (including phenoxy) is 2. The minimum absolute atomic E-state index is 0. The second-order valence-electron chi connectivity index (χ2n) is 8.39. The summed E-state index contributed by atoms with van der Waals surface area (Å²) in [5.74, 6) is 0. The molecule has 0 radical (unpaired) electrons. The number of benzene rings is 2. The Balaban J connectivity index is 0.000000200. The molecule has 0 aromatic heterocycles. The molecule has 0 saturated heterocycles. The Morgan fingerprint density at radius 2 is 1.45 bits per heavy atom. The molecule has 4 rings (SSSR count). The highest BCUT2D eigenvalue weighted by molar-refractivity contribution is 5.36. The van der Waals surface area contributed by atoms with Crippen LogP contribution in [0, 0.1) is 0 Å². The van der Waals surface area contributed by atoms with Crippen molar-refractivity contribution in [3.63, 3.8) is 0 Å². The van der Waals surface area contributed by atoms with Crippen molar-refractivity contribution in [1.82, 2.24) is 10.6 Å². The van der Waals surface area contributed by atoms with E-state index in [9.17, 15) is 0 Å². The number of nitrogens with one attached hydrogen (secondary N) is 2. The van der Waals surface area contributed by atoms with Crippen molar-refractivity contribution in [2.45, 2.75) is 51.7 Å². The van der Waals surface area contributed by atoms with Gasteiger partial charge in [-0.3, -0.25) is 0 Å². The predicted octanol–water partition coefficient (Wildman–Crippen LogP) is 4.07. The van der Waals surface area contributed by atoms with E-state index in [-0.39, 0.29) is 18.5 Å². The minimum atomic E-state index is -0.0103. The average molecular weight is 399 g/mol. The van der Waals surface area contributed by atoms with Crippen LogP contribution in [-0.2, 0) is 34.4 Å². The lowest BCUT2D eigenvalue weighted by Crippen LogP contribution is -2.50. The van der Waals surface area contributed by atoms with Crippen LogP contribution in [0.15, 0.2) is 48.5 Å². The van der Waals surface area contributed by atoms with Crippen LogP contribution in [0.25, 0.3) is 0 Å². The molecule has 0 amide bonds. The quantitative estimate of drug-likeness (QED) is 0.815. The number of methoxy groups -OCH3 is 2. The van der Waals surface area contributed by atoms with Gasteiger partial charge in [0, 0.05) is 32.8 Å². The van der Waals surface area contributed by atoms with Crippen molar-refractivity contribution in [3.8, 4) is 0 Å². The third kappa shape index (κ3) is 5.67. The highest BCUT2D eigenvalue weighted by Gasteiger charge is 2.31. The van der Waals surface area contributed by atoms with E-state index in [1.54, 1.807) is 14.2 Å². The van der Waals surface area contributed by atoms with Crippen molar-refractivity contribution in [2.75, 3.05) is 34.0 Å². The van der Waals surface area contributed by atoms with Crippen LogP contribution in [-0.4, -0.2) is 39.5 Å². The maximum Gasteiger partial charge on any atom is 0.0683 e. The second kappa shape index (κ2) is 10.4. The Labute approximate surface area is 177 Å². The van der Waals surface area contributed by atoms with E-state index in [0.717, 1.165) is 39.1 Å². The third-order valence-electron chi connectivity index (χ3n) is 5.82. The van der Waals surface area contributed by atoms with E-state index in [1.807, 2.05) is 0 Å². The van der Waals surface area contributed by atoms with Crippen LogP contribution < -0.4 is 10.6 Å². The fourth-order valence-corrected chi connectivity index (χ4v) is 4.38. The summed E-state index contributed by atoms with van der Waals surface area (Å²) in [7, 11) is 3.51. The zero-order valence-electron chi connectivity index (χ0n) is 17.7. The van der Waals surface area contributed by atoms with Gasteiger partial charge in [-0.2, -0.15) is 0 Å². The summed E-state index contributed by atoms with van der Waals surface area (Å²) in [6.45, 7) is 7.90. The first-order valence-corrected chi connectivity index (χ1v) is 10.1. The van der Waals surface area contributed by atoms with Gasteiger partial charge in [0.25, 0.3) is 0 Å². The number of fused-ring (bicyclic) bond motifs is 2. The van der Waals surface area contributed by atoms with Crippen LogP contribution in [0.1, 0.15) is 43.5 Å². The van der Waals surface area contributed by atoms with Crippen molar-refractivity contribution in [3.05, 3.63) is 70.8 Å². The largest absolute Gasteiger partial charge is 0.383 e. The minimum Gasteiger partial charge on any atom is -0.383 e. The van der Waals surface area contributed by atoms with Gasteiger partial charge in [-0.05, 0) is 48.9 Å². The van der Waals surface area contributed by atoms with Gasteiger partial charge >= 0.3 is 0 Å². The summed E-state index contributed by atoms with van der Waals surface area (Å²) in [6, 6.07) is 17.2. The first kappa shape index (κ1) is 23.6. The van der Waals surface area contributed by atoms with Gasteiger partial charge in [0.2, 0.25) is 0 Å². The molecular weight excluding hydrogens is 360 g/mol. The molecule has 0 saturated carbocycles. The van der Waals surface area contributed by atoms with Crippen LogP contribution in [0.3, 0.4) is 0 Å². The smallest absolute Gasteiger partial charge is 0.0683 e. The summed E-state index contributed by atoms with van der Waals surface area (Å²) in [4.78, 5) is 0. The highest BCUT2D eigenvalue weighted by atomic mass is 16.5. The van der Waals surface area contributed by atoms with Gasteiger partial charge in [0.15, 0.2) is 0 Å². The normalized spacial score (nSPS) is 25.0. The van der Waals surface area contributed by atoms with Crippen molar-refractivity contribution in [1.29, 1.82) is 0 Å². The van der Waals surface area contributed by atoms with E-state index >= 15 is 0 Å². The van der Waals surface area contributed by atoms with Gasteiger partial charge in [-0.1, -0.05) is 56.0 Å². The maximum atomic E-state index is 5.28. The van der Waals surface area contributed by atoms with E-state index < -0.39 is 0 Å². The Kier molecular flexibility index (Phi) is 8.41. The van der Waals surface area contributed by atoms with E-state index in [1.165, 1.54) is 22.3 Å². The molecule has 2 aromatic rings. The zero-order chi connectivity index (χ0) is 20.0. The predicted molar refractivity (Wildman–Crippen MR) is 121 cm³/mol. The molecule has 160 valence electrons. The number of hydrogen-bond acceptors (Lipinski definition) is 4. The fourth-order valence-electron chi connectivity index (χ4n) is 4.38. The first-order chi connectivity index (χ1) is 13.5. The van der Waals surface area contributed by atoms with Crippen LogP contribution in [0.4, 0.5) is 0 Å². The van der Waals surface area contributed by atoms with E-state index in [2.05, 4.69) is 73.0 Å². The summed E-state index contributed by atoms with van der Waals surface area (Å²) in [5.41, 5.74) is 5.79. The topological polar surface area (TPSA) is 42.5 Å². The molecule has 2 aromatic carbocycles. The van der Waals surface area contributed by atoms with Crippen LogP contribution >= 0.6 is 0 Å². The van der Waals surface area contributed by atoms with Gasteiger partial charge in [0.05, 0.1) is 18.8 Å². The van der Waals surface area contributed by atoms with Crippen LogP contribution in [0.2, 0.25) is 0 Å². The van der Waals surface area contributed by atoms with Crippen LogP contribution in [0.5, 0.6) is 0 Å². The standard InChI is InChI=1S/2C12H17NO.CH4/c1-12(9-14-2)7-10-5-3-4-6-11(10)8-13-12;1-12(9-14-2)11-6-4-3-5-10(11)7-8-13-12;/h2*3-6,13H,7-9H2,1-2H3;1H4. The Morgan fingerprint density at radius 1 is 0.828 bits per heavy atom. The lowest BCUT2D eigenvalue weighted by molar-refractivity contribution is 0.113. The molecule has 2 unspecified atom stereocenters. The Bertz CT molecular complexity index is 779. The monoisotopic (exact) mass is 398 g/mol. The summed E-state index contributed by atoms with van der Waals surface area (Å²) >= 11 is 0. The summed E-state index contributed by atoms with van der Waals surface area (Å²) in [6.07, 6.45) is 2.17. The third-order valence-corrected chi connectivity index (χ3v) is 5.82. The fraction of sp³-hybridized carbons (Fsp3) is 0.520. The molecule has 4 heteroatoms. The summed E-state index contributed by atoms with van der Waals surface area (Å²) in [5, 5.41) is 7.06. The SMILES string of the molecule is C.COCC1(C)Cc2ccccc2CN1.COCC1(C)NCCc2ccccc21. The molecule has 2 aliphatic rings. The molecular formula is C25H38N2O2. The number of hydrogen-bond donors (Lipinski definition) is 2. The van der Waals surface area contributed by atoms with Gasteiger partial charge in [0.1, 0.15) is 0 Å². The number of rotatable bonds is 4. The molecule has 2 N–H and O–H groups in total. The van der Waals surface area contributed by atoms with E-state index in [0.29, 0.717) is 0 Å². The molecule has 2 aliphatic heterocycles. The first-order valence-electron chi connectivity index (χ1n) is 10.1. The molecule has 2 atom stereocenters. The zero-order valence-corrected chi connectivity index (χ0v) is 17.7. The average Bonchev–Trinajstić information content (AvgIpc) is 2.69. The van der Waals surface area contributed by atoms with Gasteiger partial charge < -0.3 is 20.1 Å². The van der Waals surface area contributed by atoms with Gasteiger partial charge in [-0.25, -0.2) is 0 Å². The molecule has 0 spiro atoms. The lowest BCUT2D eigenvalue weighted by Gasteiger charge is -2.36. The molecule has 2 heterocycles. The molecule has 0 aliphatic carbocycles. The summed E-state index contributed by atoms with van der Waals surface area (Å²) < 4.78 is 10.5. The van der Waals surface area contributed by atoms with Crippen molar-refractivity contribution in [2.24, 2.45) is 0 Å². The molecule has 29 heavy (non-hydrogen) atoms. The molecule has 0 bridgehead atoms. The Hall–Kier alpha value is -1.72. The highest BCUT2D eigenvalue weighted by Crippen LogP contribution is 2.28. The Morgan fingerprint density at radius 3 is 2.14 bits per heavy atom. The van der Waals surface area contributed by atoms with Gasteiger partial charge in [-0.15, -0.1) is 0 Å². The molecule has 0 fully saturated rings. The molecule has 4 nitrogen and oxygen atoms in total. The van der Waals surface area contributed by atoms with E-state index in [4.69, 9.17) is 9.47 Å². The second-order valence-corrected chi connectivity index (χ2v) is 8.39. The van der Waals surface area contributed by atoms with Crippen molar-refractivity contribution < 1.29 is 9.47 Å². The van der Waals surface area contributed by atoms with Crippen molar-refractivity contribution >= 4 is 0 Å². The lowest BCUT2D eigenvalue weighted by atomic mass is 9.84.